The largest absolute Gasteiger partial charge is 0.399 e. The number of nitrogens with two attached hydrogens (primary N) is 1. The van der Waals surface area contributed by atoms with Crippen molar-refractivity contribution in [1.82, 2.24) is 9.97 Å². The minimum atomic E-state index is -0.372. The van der Waals surface area contributed by atoms with Gasteiger partial charge >= 0.3 is 0 Å². The molecule has 0 spiro atoms. The summed E-state index contributed by atoms with van der Waals surface area (Å²) in [5.41, 5.74) is 6.96. The third-order valence-electron chi connectivity index (χ3n) is 2.13. The molecule has 1 aromatic heterocycles. The summed E-state index contributed by atoms with van der Waals surface area (Å²) < 4.78 is 13.4. The molecule has 0 aliphatic carbocycles. The summed E-state index contributed by atoms with van der Waals surface area (Å²) in [6.07, 6.45) is 0. The van der Waals surface area contributed by atoms with Crippen molar-refractivity contribution in [3.05, 3.63) is 23.8 Å². The zero-order valence-electron chi connectivity index (χ0n) is 8.13. The molecule has 1 heterocycles. The molecule has 0 saturated heterocycles. The Bertz CT molecular complexity index is 473. The number of nitrogen functional groups attached to an aromatic ring is 1. The molecule has 0 unspecified atom stereocenters. The van der Waals surface area contributed by atoms with Gasteiger partial charge in [0.25, 0.3) is 0 Å². The number of nitrogens with one attached hydrogen (secondary N) is 1. The number of halogens is 1. The van der Waals surface area contributed by atoms with Crippen LogP contribution in [0.2, 0.25) is 0 Å². The van der Waals surface area contributed by atoms with Gasteiger partial charge in [0, 0.05) is 11.6 Å². The molecule has 0 atom stereocenters. The van der Waals surface area contributed by atoms with Gasteiger partial charge in [0.15, 0.2) is 5.82 Å². The van der Waals surface area contributed by atoms with Crippen LogP contribution >= 0.6 is 0 Å². The lowest BCUT2D eigenvalue weighted by Gasteiger charge is -1.95. The van der Waals surface area contributed by atoms with Crippen molar-refractivity contribution >= 4 is 16.7 Å². The Morgan fingerprint density at radius 3 is 2.79 bits per heavy atom. The van der Waals surface area contributed by atoms with Crippen molar-refractivity contribution in [2.45, 2.75) is 19.8 Å². The molecule has 74 valence electrons. The maximum Gasteiger partial charge on any atom is 0.153 e. The highest BCUT2D eigenvalue weighted by Gasteiger charge is 2.10. The zero-order chi connectivity index (χ0) is 10.3. The molecule has 0 radical (unpaired) electrons. The lowest BCUT2D eigenvalue weighted by Crippen LogP contribution is -1.88. The van der Waals surface area contributed by atoms with Crippen molar-refractivity contribution in [2.24, 2.45) is 0 Å². The van der Waals surface area contributed by atoms with E-state index in [0.717, 1.165) is 5.82 Å². The molecule has 1 aromatic carbocycles. The molecule has 2 rings (SSSR count). The van der Waals surface area contributed by atoms with Crippen LogP contribution in [0, 0.1) is 5.82 Å². The maximum atomic E-state index is 13.4. The molecule has 0 saturated carbocycles. The van der Waals surface area contributed by atoms with Gasteiger partial charge in [0.1, 0.15) is 11.3 Å². The predicted octanol–water partition coefficient (Wildman–Crippen LogP) is 2.41. The number of aromatic nitrogens is 2. The third kappa shape index (κ3) is 1.32. The highest BCUT2D eigenvalue weighted by molar-refractivity contribution is 5.79. The topological polar surface area (TPSA) is 54.7 Å². The van der Waals surface area contributed by atoms with Gasteiger partial charge in [-0.2, -0.15) is 0 Å². The van der Waals surface area contributed by atoms with Crippen molar-refractivity contribution in [3.63, 3.8) is 0 Å². The fraction of sp³-hybridized carbons (Fsp3) is 0.300. The Labute approximate surface area is 81.1 Å². The second-order valence-corrected chi connectivity index (χ2v) is 3.68. The zero-order valence-corrected chi connectivity index (χ0v) is 8.13. The minimum absolute atomic E-state index is 0.253. The normalized spacial score (nSPS) is 11.4. The monoisotopic (exact) mass is 193 g/mol. The van der Waals surface area contributed by atoms with Crippen LogP contribution in [0.25, 0.3) is 11.0 Å². The van der Waals surface area contributed by atoms with Gasteiger partial charge in [-0.1, -0.05) is 13.8 Å². The van der Waals surface area contributed by atoms with Crippen LogP contribution < -0.4 is 5.73 Å². The van der Waals surface area contributed by atoms with E-state index < -0.39 is 0 Å². The van der Waals surface area contributed by atoms with E-state index in [1.807, 2.05) is 13.8 Å². The second-order valence-electron chi connectivity index (χ2n) is 3.68. The van der Waals surface area contributed by atoms with E-state index in [1.165, 1.54) is 6.07 Å². The Morgan fingerprint density at radius 2 is 2.14 bits per heavy atom. The van der Waals surface area contributed by atoms with E-state index in [2.05, 4.69) is 9.97 Å². The van der Waals surface area contributed by atoms with Crippen LogP contribution in [-0.4, -0.2) is 9.97 Å². The molecule has 0 bridgehead atoms. The smallest absolute Gasteiger partial charge is 0.153 e. The first-order valence-electron chi connectivity index (χ1n) is 4.52. The SMILES string of the molecule is CC(C)c1nc2c(F)cc(N)cc2[nH]1. The highest BCUT2D eigenvalue weighted by Crippen LogP contribution is 2.21. The van der Waals surface area contributed by atoms with Gasteiger partial charge in [-0.25, -0.2) is 9.37 Å². The van der Waals surface area contributed by atoms with Crippen molar-refractivity contribution in [2.75, 3.05) is 5.73 Å². The molecule has 14 heavy (non-hydrogen) atoms. The maximum absolute atomic E-state index is 13.4. The Balaban J connectivity index is 2.70. The number of nitrogens with zero attached hydrogens (tertiary/aromatic N) is 1. The first kappa shape index (κ1) is 8.99. The number of imidazole rings is 1. The molecule has 3 N–H and O–H groups in total. The van der Waals surface area contributed by atoms with Gasteiger partial charge in [-0.15, -0.1) is 0 Å². The van der Waals surface area contributed by atoms with E-state index in [4.69, 9.17) is 5.73 Å². The van der Waals surface area contributed by atoms with Gasteiger partial charge < -0.3 is 10.7 Å². The summed E-state index contributed by atoms with van der Waals surface area (Å²) >= 11 is 0. The number of anilines is 1. The Hall–Kier alpha value is -1.58. The molecule has 0 fully saturated rings. The Morgan fingerprint density at radius 1 is 1.43 bits per heavy atom. The van der Waals surface area contributed by atoms with Crippen LogP contribution in [0.15, 0.2) is 12.1 Å². The number of fused-ring (bicyclic) bond motifs is 1. The van der Waals surface area contributed by atoms with Gasteiger partial charge in [0.05, 0.1) is 5.52 Å². The molecule has 2 aromatic rings. The summed E-state index contributed by atoms with van der Waals surface area (Å²) in [4.78, 5) is 7.21. The Kier molecular flexibility index (Phi) is 1.91. The van der Waals surface area contributed by atoms with E-state index in [9.17, 15) is 4.39 Å². The molecule has 0 amide bonds. The van der Waals surface area contributed by atoms with Crippen molar-refractivity contribution in [1.29, 1.82) is 0 Å². The molecule has 3 nitrogen and oxygen atoms in total. The highest BCUT2D eigenvalue weighted by atomic mass is 19.1. The van der Waals surface area contributed by atoms with Crippen LogP contribution in [0.4, 0.5) is 10.1 Å². The summed E-state index contributed by atoms with van der Waals surface area (Å²) in [7, 11) is 0. The standard InChI is InChI=1S/C10H12FN3/c1-5(2)10-13-8-4-6(12)3-7(11)9(8)14-10/h3-5H,12H2,1-2H3,(H,13,14). The molecule has 0 aliphatic heterocycles. The van der Waals surface area contributed by atoms with Crippen LogP contribution in [0.3, 0.4) is 0 Å². The van der Waals surface area contributed by atoms with Gasteiger partial charge in [-0.3, -0.25) is 0 Å². The number of hydrogen-bond acceptors (Lipinski definition) is 2. The van der Waals surface area contributed by atoms with Crippen molar-refractivity contribution < 1.29 is 4.39 Å². The van der Waals surface area contributed by atoms with Gasteiger partial charge in [-0.05, 0) is 12.1 Å². The second kappa shape index (κ2) is 2.97. The first-order valence-corrected chi connectivity index (χ1v) is 4.52. The van der Waals surface area contributed by atoms with Crippen LogP contribution in [0.5, 0.6) is 0 Å². The average Bonchev–Trinajstić information content (AvgIpc) is 2.47. The number of hydrogen-bond donors (Lipinski definition) is 2. The number of rotatable bonds is 1. The summed E-state index contributed by atoms with van der Waals surface area (Å²) in [6, 6.07) is 2.98. The van der Waals surface area contributed by atoms with Crippen molar-refractivity contribution in [3.8, 4) is 0 Å². The number of aromatic amines is 1. The molecule has 4 heteroatoms. The number of benzene rings is 1. The lowest BCUT2D eigenvalue weighted by molar-refractivity contribution is 0.637. The quantitative estimate of drug-likeness (QED) is 0.683. The van der Waals surface area contributed by atoms with E-state index in [0.29, 0.717) is 16.7 Å². The van der Waals surface area contributed by atoms with E-state index >= 15 is 0 Å². The molecular formula is C10H12FN3. The summed E-state index contributed by atoms with van der Waals surface area (Å²) in [5, 5.41) is 0. The van der Waals surface area contributed by atoms with E-state index in [-0.39, 0.29) is 11.7 Å². The van der Waals surface area contributed by atoms with Crippen LogP contribution in [-0.2, 0) is 0 Å². The van der Waals surface area contributed by atoms with Crippen LogP contribution in [0.1, 0.15) is 25.6 Å². The molecular weight excluding hydrogens is 181 g/mol. The fourth-order valence-electron chi connectivity index (χ4n) is 1.39. The first-order chi connectivity index (χ1) is 6.58. The predicted molar refractivity (Wildman–Crippen MR) is 54.6 cm³/mol. The third-order valence-corrected chi connectivity index (χ3v) is 2.13. The molecule has 0 aliphatic rings. The average molecular weight is 193 g/mol. The summed E-state index contributed by atoms with van der Waals surface area (Å²) in [5.74, 6) is 0.663. The minimum Gasteiger partial charge on any atom is -0.399 e. The summed E-state index contributed by atoms with van der Waals surface area (Å²) in [6.45, 7) is 4.00. The van der Waals surface area contributed by atoms with Gasteiger partial charge in [0.2, 0.25) is 0 Å². The number of H-pyrrole nitrogens is 1. The lowest BCUT2D eigenvalue weighted by atomic mass is 10.2. The fourth-order valence-corrected chi connectivity index (χ4v) is 1.39. The van der Waals surface area contributed by atoms with E-state index in [1.54, 1.807) is 6.07 Å².